The van der Waals surface area contributed by atoms with Gasteiger partial charge in [-0.2, -0.15) is 0 Å². The van der Waals surface area contributed by atoms with E-state index >= 15 is 0 Å². The van der Waals surface area contributed by atoms with E-state index in [1.54, 1.807) is 0 Å². The molecule has 0 bridgehead atoms. The van der Waals surface area contributed by atoms with E-state index in [2.05, 4.69) is 29.1 Å². The van der Waals surface area contributed by atoms with Crippen molar-refractivity contribution in [1.82, 2.24) is 0 Å². The van der Waals surface area contributed by atoms with Crippen LogP contribution in [0.15, 0.2) is 25.3 Å². The Labute approximate surface area is 59.4 Å². The first kappa shape index (κ1) is 7.96. The van der Waals surface area contributed by atoms with Crippen LogP contribution in [0.5, 0.6) is 0 Å². The van der Waals surface area contributed by atoms with Crippen molar-refractivity contribution in [2.75, 3.05) is 5.33 Å². The normalized spacial score (nSPS) is 12.6. The first-order valence-corrected chi connectivity index (χ1v) is 3.76. The molecule has 0 aromatic heterocycles. The van der Waals surface area contributed by atoms with Crippen molar-refractivity contribution in [3.8, 4) is 0 Å². The SMILES string of the molecule is C=CCC(C=C)CBr. The lowest BCUT2D eigenvalue weighted by atomic mass is 10.1. The summed E-state index contributed by atoms with van der Waals surface area (Å²) in [6, 6.07) is 0. The molecule has 0 saturated carbocycles. The zero-order chi connectivity index (χ0) is 6.41. The van der Waals surface area contributed by atoms with Crippen molar-refractivity contribution >= 4 is 15.9 Å². The molecule has 0 aromatic carbocycles. The van der Waals surface area contributed by atoms with Crippen molar-refractivity contribution in [3.05, 3.63) is 25.3 Å². The van der Waals surface area contributed by atoms with Crippen LogP contribution in [0.3, 0.4) is 0 Å². The molecule has 8 heavy (non-hydrogen) atoms. The lowest BCUT2D eigenvalue weighted by Gasteiger charge is -2.01. The molecule has 0 nitrogen and oxygen atoms in total. The average molecular weight is 175 g/mol. The molecular weight excluding hydrogens is 164 g/mol. The summed E-state index contributed by atoms with van der Waals surface area (Å²) in [6.07, 6.45) is 4.87. The van der Waals surface area contributed by atoms with Gasteiger partial charge < -0.3 is 0 Å². The smallest absolute Gasteiger partial charge is 0.00971 e. The monoisotopic (exact) mass is 174 g/mol. The van der Waals surface area contributed by atoms with Gasteiger partial charge in [0.2, 0.25) is 0 Å². The predicted octanol–water partition coefficient (Wildman–Crippen LogP) is 2.76. The van der Waals surface area contributed by atoms with E-state index in [-0.39, 0.29) is 0 Å². The van der Waals surface area contributed by atoms with Crippen molar-refractivity contribution in [3.63, 3.8) is 0 Å². The molecule has 46 valence electrons. The number of allylic oxidation sites excluding steroid dienone is 2. The maximum absolute atomic E-state index is 3.67. The van der Waals surface area contributed by atoms with Gasteiger partial charge in [-0.15, -0.1) is 13.2 Å². The van der Waals surface area contributed by atoms with Crippen LogP contribution in [0.2, 0.25) is 0 Å². The summed E-state index contributed by atoms with van der Waals surface area (Å²) >= 11 is 3.36. The lowest BCUT2D eigenvalue weighted by Crippen LogP contribution is -1.93. The maximum atomic E-state index is 3.67. The van der Waals surface area contributed by atoms with E-state index < -0.39 is 0 Å². The highest BCUT2D eigenvalue weighted by molar-refractivity contribution is 9.09. The van der Waals surface area contributed by atoms with Crippen molar-refractivity contribution in [1.29, 1.82) is 0 Å². The molecular formula is C7H11Br. The number of alkyl halides is 1. The molecule has 1 unspecified atom stereocenters. The third kappa shape index (κ3) is 3.03. The largest absolute Gasteiger partial charge is 0.103 e. The van der Waals surface area contributed by atoms with Gasteiger partial charge in [0, 0.05) is 5.33 Å². The number of hydrogen-bond donors (Lipinski definition) is 0. The fourth-order valence-electron chi connectivity index (χ4n) is 0.436. The third-order valence-electron chi connectivity index (χ3n) is 1.00. The molecule has 0 N–H and O–H groups in total. The molecule has 0 rings (SSSR count). The Morgan fingerprint density at radius 3 is 2.25 bits per heavy atom. The minimum atomic E-state index is 0.562. The molecule has 0 saturated heterocycles. The second-order valence-electron chi connectivity index (χ2n) is 1.67. The minimum absolute atomic E-state index is 0.562. The summed E-state index contributed by atoms with van der Waals surface area (Å²) in [7, 11) is 0. The highest BCUT2D eigenvalue weighted by Crippen LogP contribution is 2.07. The van der Waals surface area contributed by atoms with Crippen molar-refractivity contribution in [2.45, 2.75) is 6.42 Å². The Morgan fingerprint density at radius 2 is 2.12 bits per heavy atom. The van der Waals surface area contributed by atoms with Gasteiger partial charge in [0.05, 0.1) is 0 Å². The Hall–Kier alpha value is -0.0400. The van der Waals surface area contributed by atoms with Gasteiger partial charge in [-0.1, -0.05) is 28.1 Å². The Kier molecular flexibility index (Phi) is 5.08. The Balaban J connectivity index is 3.35. The van der Waals surface area contributed by atoms with E-state index in [0.29, 0.717) is 5.92 Å². The molecule has 1 heteroatoms. The molecule has 0 aliphatic heterocycles. The molecule has 1 atom stereocenters. The first-order valence-electron chi connectivity index (χ1n) is 2.64. The summed E-state index contributed by atoms with van der Waals surface area (Å²) in [5.41, 5.74) is 0. The number of halogens is 1. The van der Waals surface area contributed by atoms with Crippen molar-refractivity contribution < 1.29 is 0 Å². The molecule has 0 aromatic rings. The fraction of sp³-hybridized carbons (Fsp3) is 0.429. The molecule has 0 aliphatic carbocycles. The standard InChI is InChI=1S/C7H11Br/c1-3-5-7(4-2)6-8/h3-4,7H,1-2,5-6H2. The van der Waals surface area contributed by atoms with Crippen LogP contribution in [0, 0.1) is 5.92 Å². The zero-order valence-corrected chi connectivity index (χ0v) is 6.52. The van der Waals surface area contributed by atoms with Crippen LogP contribution in [0.1, 0.15) is 6.42 Å². The third-order valence-corrected chi connectivity index (χ3v) is 1.83. The van der Waals surface area contributed by atoms with Crippen LogP contribution in [0.4, 0.5) is 0 Å². The minimum Gasteiger partial charge on any atom is -0.103 e. The summed E-state index contributed by atoms with van der Waals surface area (Å²) in [5, 5.41) is 0.989. The first-order chi connectivity index (χ1) is 3.85. The Bertz CT molecular complexity index is 76.5. The molecule has 0 fully saturated rings. The molecule has 0 heterocycles. The topological polar surface area (TPSA) is 0 Å². The quantitative estimate of drug-likeness (QED) is 0.455. The molecule has 0 radical (unpaired) electrons. The summed E-state index contributed by atoms with van der Waals surface area (Å²) in [4.78, 5) is 0. The van der Waals surface area contributed by atoms with Gasteiger partial charge >= 0.3 is 0 Å². The predicted molar refractivity (Wildman–Crippen MR) is 42.3 cm³/mol. The van der Waals surface area contributed by atoms with Crippen LogP contribution in [0.25, 0.3) is 0 Å². The highest BCUT2D eigenvalue weighted by atomic mass is 79.9. The van der Waals surface area contributed by atoms with Crippen LogP contribution < -0.4 is 0 Å². The highest BCUT2D eigenvalue weighted by Gasteiger charge is 1.95. The number of hydrogen-bond acceptors (Lipinski definition) is 0. The van der Waals surface area contributed by atoms with Gasteiger partial charge in [0.15, 0.2) is 0 Å². The van der Waals surface area contributed by atoms with Gasteiger partial charge in [0.25, 0.3) is 0 Å². The summed E-state index contributed by atoms with van der Waals surface area (Å²) < 4.78 is 0. The van der Waals surface area contributed by atoms with E-state index in [9.17, 15) is 0 Å². The van der Waals surface area contributed by atoms with E-state index in [1.165, 1.54) is 0 Å². The van der Waals surface area contributed by atoms with E-state index in [4.69, 9.17) is 0 Å². The van der Waals surface area contributed by atoms with Crippen LogP contribution in [-0.2, 0) is 0 Å². The van der Waals surface area contributed by atoms with E-state index in [0.717, 1.165) is 11.8 Å². The fourth-order valence-corrected chi connectivity index (χ4v) is 0.965. The van der Waals surface area contributed by atoms with E-state index in [1.807, 2.05) is 12.2 Å². The van der Waals surface area contributed by atoms with Crippen LogP contribution >= 0.6 is 15.9 Å². The van der Waals surface area contributed by atoms with Gasteiger partial charge in [-0.25, -0.2) is 0 Å². The number of rotatable bonds is 4. The summed E-state index contributed by atoms with van der Waals surface area (Å²) in [5.74, 6) is 0.562. The van der Waals surface area contributed by atoms with Gasteiger partial charge in [-0.3, -0.25) is 0 Å². The van der Waals surface area contributed by atoms with Gasteiger partial charge in [-0.05, 0) is 12.3 Å². The molecule has 0 aliphatic rings. The lowest BCUT2D eigenvalue weighted by molar-refractivity contribution is 0.766. The maximum Gasteiger partial charge on any atom is 0.00971 e. The zero-order valence-electron chi connectivity index (χ0n) is 4.94. The summed E-state index contributed by atoms with van der Waals surface area (Å²) in [6.45, 7) is 7.30. The van der Waals surface area contributed by atoms with Gasteiger partial charge in [0.1, 0.15) is 0 Å². The van der Waals surface area contributed by atoms with Crippen LogP contribution in [-0.4, -0.2) is 5.33 Å². The average Bonchev–Trinajstić information content (AvgIpc) is 1.83. The molecule has 0 spiro atoms. The Morgan fingerprint density at radius 1 is 1.50 bits per heavy atom. The van der Waals surface area contributed by atoms with Crippen molar-refractivity contribution in [2.24, 2.45) is 5.92 Å². The second-order valence-corrected chi connectivity index (χ2v) is 2.32. The molecule has 0 amide bonds. The second kappa shape index (κ2) is 5.10.